The van der Waals surface area contributed by atoms with Gasteiger partial charge in [0.1, 0.15) is 29.9 Å². The van der Waals surface area contributed by atoms with E-state index in [4.69, 9.17) is 17.2 Å². The second-order valence-electron chi connectivity index (χ2n) is 9.02. The summed E-state index contributed by atoms with van der Waals surface area (Å²) in [5.41, 5.74) is 16.9. The number of benzene rings is 1. The lowest BCUT2D eigenvalue weighted by Crippen LogP contribution is -2.59. The van der Waals surface area contributed by atoms with E-state index in [2.05, 4.69) is 21.3 Å². The molecule has 39 heavy (non-hydrogen) atoms. The highest BCUT2D eigenvalue weighted by Gasteiger charge is 2.31. The molecule has 0 aliphatic carbocycles. The van der Waals surface area contributed by atoms with Crippen molar-refractivity contribution in [1.29, 1.82) is 0 Å². The van der Waals surface area contributed by atoms with Gasteiger partial charge >= 0.3 is 0 Å². The molecule has 1 rings (SSSR count). The molecule has 0 bridgehead atoms. The van der Waals surface area contributed by atoms with Crippen molar-refractivity contribution in [1.82, 2.24) is 21.3 Å². The average Bonchev–Trinajstić information content (AvgIpc) is 2.89. The molecule has 0 saturated carbocycles. The quantitative estimate of drug-likeness (QED) is 0.112. The molecular formula is C25H39N7O7. The third-order valence-electron chi connectivity index (χ3n) is 5.93. The fourth-order valence-electron chi connectivity index (χ4n) is 3.50. The van der Waals surface area contributed by atoms with Crippen LogP contribution < -0.4 is 38.5 Å². The van der Waals surface area contributed by atoms with Gasteiger partial charge < -0.3 is 43.6 Å². The third kappa shape index (κ3) is 11.0. The Morgan fingerprint density at radius 1 is 0.692 bits per heavy atom. The maximum atomic E-state index is 13.2. The number of nitrogens with one attached hydrogen (secondary N) is 4. The average molecular weight is 550 g/mol. The SMILES string of the molecule is CCC(N)C(=O)NC(CC)C(=O)NC(CC(N)=O)C(=O)NC(Cc1ccc(O)cc1)C(=O)NC(CC)C(N)=O. The van der Waals surface area contributed by atoms with Gasteiger partial charge in [-0.3, -0.25) is 28.8 Å². The van der Waals surface area contributed by atoms with E-state index in [9.17, 15) is 33.9 Å². The highest BCUT2D eigenvalue weighted by Crippen LogP contribution is 2.12. The lowest BCUT2D eigenvalue weighted by molar-refractivity contribution is -0.135. The first-order chi connectivity index (χ1) is 18.3. The number of carbonyl (C=O) groups excluding carboxylic acids is 6. The van der Waals surface area contributed by atoms with Crippen molar-refractivity contribution in [3.63, 3.8) is 0 Å². The van der Waals surface area contributed by atoms with Gasteiger partial charge in [0.05, 0.1) is 12.5 Å². The first kappa shape index (κ1) is 32.8. The zero-order valence-corrected chi connectivity index (χ0v) is 22.4. The molecule has 1 aromatic carbocycles. The van der Waals surface area contributed by atoms with Crippen LogP contribution in [0.3, 0.4) is 0 Å². The van der Waals surface area contributed by atoms with Crippen molar-refractivity contribution >= 4 is 35.4 Å². The fourth-order valence-corrected chi connectivity index (χ4v) is 3.50. The number of nitrogens with two attached hydrogens (primary N) is 3. The van der Waals surface area contributed by atoms with Gasteiger partial charge in [-0.15, -0.1) is 0 Å². The first-order valence-electron chi connectivity index (χ1n) is 12.6. The van der Waals surface area contributed by atoms with Crippen LogP contribution in [0.25, 0.3) is 0 Å². The Bertz CT molecular complexity index is 1030. The predicted molar refractivity (Wildman–Crippen MR) is 141 cm³/mol. The van der Waals surface area contributed by atoms with Crippen molar-refractivity contribution in [3.05, 3.63) is 29.8 Å². The number of primary amides is 2. The number of carbonyl (C=O) groups is 6. The molecule has 14 nitrogen and oxygen atoms in total. The van der Waals surface area contributed by atoms with Gasteiger partial charge in [0.2, 0.25) is 35.4 Å². The van der Waals surface area contributed by atoms with Crippen molar-refractivity contribution < 1.29 is 33.9 Å². The zero-order valence-electron chi connectivity index (χ0n) is 22.4. The van der Waals surface area contributed by atoms with Crippen LogP contribution in [-0.4, -0.2) is 70.8 Å². The van der Waals surface area contributed by atoms with Gasteiger partial charge in [0.25, 0.3) is 0 Å². The molecular weight excluding hydrogens is 510 g/mol. The minimum Gasteiger partial charge on any atom is -0.508 e. The molecule has 11 N–H and O–H groups in total. The number of hydrogen-bond acceptors (Lipinski definition) is 8. The summed E-state index contributed by atoms with van der Waals surface area (Å²) in [5, 5.41) is 19.4. The molecule has 0 saturated heterocycles. The number of amides is 6. The largest absolute Gasteiger partial charge is 0.508 e. The number of aromatic hydroxyl groups is 1. The molecule has 5 unspecified atom stereocenters. The van der Waals surface area contributed by atoms with E-state index in [0.717, 1.165) is 0 Å². The smallest absolute Gasteiger partial charge is 0.243 e. The summed E-state index contributed by atoms with van der Waals surface area (Å²) < 4.78 is 0. The lowest BCUT2D eigenvalue weighted by atomic mass is 10.0. The zero-order chi connectivity index (χ0) is 29.7. The fraction of sp³-hybridized carbons (Fsp3) is 0.520. The van der Waals surface area contributed by atoms with Crippen molar-refractivity contribution in [2.24, 2.45) is 17.2 Å². The Hall–Kier alpha value is -4.20. The van der Waals surface area contributed by atoms with E-state index in [1.54, 1.807) is 20.8 Å². The van der Waals surface area contributed by atoms with Crippen LogP contribution in [0, 0.1) is 0 Å². The molecule has 5 atom stereocenters. The number of phenolic OH excluding ortho intramolecular Hbond substituents is 1. The van der Waals surface area contributed by atoms with Crippen LogP contribution in [0.4, 0.5) is 0 Å². The van der Waals surface area contributed by atoms with Gasteiger partial charge in [-0.1, -0.05) is 32.9 Å². The molecule has 0 spiro atoms. The Morgan fingerprint density at radius 3 is 1.64 bits per heavy atom. The highest BCUT2D eigenvalue weighted by atomic mass is 16.3. The van der Waals surface area contributed by atoms with Gasteiger partial charge in [-0.25, -0.2) is 0 Å². The topological polar surface area (TPSA) is 249 Å². The van der Waals surface area contributed by atoms with Gasteiger partial charge in [-0.05, 0) is 37.0 Å². The summed E-state index contributed by atoms with van der Waals surface area (Å²) in [6.07, 6.45) is 0.0504. The molecule has 0 fully saturated rings. The Labute approximate surface area is 226 Å². The van der Waals surface area contributed by atoms with Crippen LogP contribution in [0.15, 0.2) is 24.3 Å². The van der Waals surface area contributed by atoms with E-state index >= 15 is 0 Å². The van der Waals surface area contributed by atoms with Gasteiger partial charge in [0, 0.05) is 6.42 Å². The number of hydrogen-bond donors (Lipinski definition) is 8. The molecule has 0 aromatic heterocycles. The molecule has 6 amide bonds. The lowest BCUT2D eigenvalue weighted by Gasteiger charge is -2.26. The Morgan fingerprint density at radius 2 is 1.15 bits per heavy atom. The first-order valence-corrected chi connectivity index (χ1v) is 12.6. The Balaban J connectivity index is 3.16. The summed E-state index contributed by atoms with van der Waals surface area (Å²) in [5.74, 6) is -4.63. The van der Waals surface area contributed by atoms with Crippen LogP contribution in [0.1, 0.15) is 52.0 Å². The van der Waals surface area contributed by atoms with Gasteiger partial charge in [0.15, 0.2) is 0 Å². The monoisotopic (exact) mass is 549 g/mol. The summed E-state index contributed by atoms with van der Waals surface area (Å²) in [4.78, 5) is 74.6. The third-order valence-corrected chi connectivity index (χ3v) is 5.93. The normalized spacial score (nSPS) is 14.6. The molecule has 1 aromatic rings. The predicted octanol–water partition coefficient (Wildman–Crippen LogP) is -2.21. The van der Waals surface area contributed by atoms with Crippen LogP contribution >= 0.6 is 0 Å². The van der Waals surface area contributed by atoms with E-state index in [0.29, 0.717) is 12.0 Å². The molecule has 0 aliphatic rings. The minimum atomic E-state index is -1.48. The number of phenols is 1. The molecule has 14 heteroatoms. The maximum absolute atomic E-state index is 13.2. The van der Waals surface area contributed by atoms with Crippen LogP contribution in [0.5, 0.6) is 5.75 Å². The summed E-state index contributed by atoms with van der Waals surface area (Å²) in [7, 11) is 0. The molecule has 0 heterocycles. The van der Waals surface area contributed by atoms with E-state index in [1.165, 1.54) is 24.3 Å². The second-order valence-corrected chi connectivity index (χ2v) is 9.02. The molecule has 216 valence electrons. The van der Waals surface area contributed by atoms with Crippen molar-refractivity contribution in [2.75, 3.05) is 0 Å². The minimum absolute atomic E-state index is 0.00902. The van der Waals surface area contributed by atoms with E-state index < -0.39 is 72.1 Å². The van der Waals surface area contributed by atoms with Crippen LogP contribution in [0.2, 0.25) is 0 Å². The van der Waals surface area contributed by atoms with Crippen LogP contribution in [-0.2, 0) is 35.2 Å². The van der Waals surface area contributed by atoms with Crippen molar-refractivity contribution in [2.45, 2.75) is 83.1 Å². The second kappa shape index (κ2) is 15.9. The maximum Gasteiger partial charge on any atom is 0.243 e. The molecule has 0 radical (unpaired) electrons. The van der Waals surface area contributed by atoms with E-state index in [-0.39, 0.29) is 25.0 Å². The summed E-state index contributed by atoms with van der Waals surface area (Å²) in [6, 6.07) is 0.242. The Kier molecular flexibility index (Phi) is 13.4. The summed E-state index contributed by atoms with van der Waals surface area (Å²) >= 11 is 0. The molecule has 0 aliphatic heterocycles. The van der Waals surface area contributed by atoms with Gasteiger partial charge in [-0.2, -0.15) is 0 Å². The number of rotatable bonds is 16. The standard InChI is InChI=1S/C25H39N7O7/c1-4-15(26)22(36)30-17(6-3)23(37)32-19(12-20(27)34)25(39)31-18(11-13-7-9-14(33)10-8-13)24(38)29-16(5-2)21(28)35/h7-10,15-19,33H,4-6,11-12,26H2,1-3H3,(H2,27,34)(H2,28,35)(H,29,38)(H,30,36)(H,31,39)(H,32,37). The van der Waals surface area contributed by atoms with Crippen molar-refractivity contribution in [3.8, 4) is 5.75 Å². The van der Waals surface area contributed by atoms with E-state index in [1.807, 2.05) is 0 Å². The summed E-state index contributed by atoms with van der Waals surface area (Å²) in [6.45, 7) is 4.97. The highest BCUT2D eigenvalue weighted by molar-refractivity contribution is 5.97.